The maximum absolute atomic E-state index is 8.78. The van der Waals surface area contributed by atoms with E-state index < -0.39 is 0 Å². The largest absolute Gasteiger partial charge is 0.396 e. The second-order valence-corrected chi connectivity index (χ2v) is 3.82. The Morgan fingerprint density at radius 3 is 2.73 bits per heavy atom. The third kappa shape index (κ3) is 4.90. The van der Waals surface area contributed by atoms with Crippen LogP contribution < -0.4 is 0 Å². The van der Waals surface area contributed by atoms with Crippen LogP contribution in [-0.2, 0) is 4.74 Å². The van der Waals surface area contributed by atoms with Gasteiger partial charge >= 0.3 is 0 Å². The van der Waals surface area contributed by atoms with Gasteiger partial charge in [-0.25, -0.2) is 0 Å². The fraction of sp³-hybridized carbons (Fsp3) is 0.714. The van der Waals surface area contributed by atoms with Crippen molar-refractivity contribution in [2.75, 3.05) is 13.7 Å². The first-order valence-electron chi connectivity index (χ1n) is 3.18. The van der Waals surface area contributed by atoms with E-state index in [0.717, 1.165) is 0 Å². The van der Waals surface area contributed by atoms with Gasteiger partial charge in [-0.3, -0.25) is 0 Å². The molecule has 0 aliphatic heterocycles. The van der Waals surface area contributed by atoms with Gasteiger partial charge in [0.25, 0.3) is 0 Å². The summed E-state index contributed by atoms with van der Waals surface area (Å²) in [6.45, 7) is 2.01. The summed E-state index contributed by atoms with van der Waals surface area (Å²) < 4.78 is 5.05. The summed E-state index contributed by atoms with van der Waals surface area (Å²) in [5, 5.41) is 11.6. The molecule has 0 amide bonds. The van der Waals surface area contributed by atoms with Crippen molar-refractivity contribution >= 4 is 30.1 Å². The highest BCUT2D eigenvalue weighted by Crippen LogP contribution is 2.09. The summed E-state index contributed by atoms with van der Waals surface area (Å²) in [4.78, 5) is 0. The zero-order chi connectivity index (χ0) is 8.69. The van der Waals surface area contributed by atoms with Gasteiger partial charge in [0, 0.05) is 40.8 Å². The highest BCUT2D eigenvalue weighted by molar-refractivity contribution is 14.2. The molecular weight excluding hydrogens is 275 g/mol. The van der Waals surface area contributed by atoms with Gasteiger partial charge in [0.05, 0.1) is 0 Å². The Labute approximate surface area is 83.7 Å². The molecule has 0 rings (SSSR count). The highest BCUT2D eigenvalue weighted by atomic mass is 127. The van der Waals surface area contributed by atoms with Crippen LogP contribution in [0, 0.1) is 17.1 Å². The Morgan fingerprint density at radius 2 is 2.36 bits per heavy atom. The predicted octanol–water partition coefficient (Wildman–Crippen LogP) is 1.67. The van der Waals surface area contributed by atoms with E-state index in [-0.39, 0.29) is 18.6 Å². The van der Waals surface area contributed by atoms with E-state index in [0.29, 0.717) is 0 Å². The molecule has 0 aliphatic rings. The van der Waals surface area contributed by atoms with Crippen LogP contribution in [-0.4, -0.2) is 24.9 Å². The monoisotopic (exact) mass is 286 g/mol. The van der Waals surface area contributed by atoms with Gasteiger partial charge in [-0.2, -0.15) is 0 Å². The minimum atomic E-state index is -0.151. The van der Waals surface area contributed by atoms with E-state index in [1.807, 2.05) is 6.92 Å². The van der Waals surface area contributed by atoms with Crippen LogP contribution in [0.15, 0.2) is 0 Å². The summed E-state index contributed by atoms with van der Waals surface area (Å²) in [6, 6.07) is 0. The van der Waals surface area contributed by atoms with Gasteiger partial charge in [0.2, 0.25) is 0 Å². The summed E-state index contributed by atoms with van der Waals surface area (Å²) in [5.74, 6) is 2.97. The van der Waals surface area contributed by atoms with Crippen molar-refractivity contribution in [3.8, 4) is 11.2 Å². The second kappa shape index (κ2) is 7.22. The van der Waals surface area contributed by atoms with E-state index >= 15 is 0 Å². The molecule has 0 aromatic rings. The fourth-order valence-corrected chi connectivity index (χ4v) is 1.15. The van der Waals surface area contributed by atoms with Crippen molar-refractivity contribution < 1.29 is 9.84 Å². The summed E-state index contributed by atoms with van der Waals surface area (Å²) >= 11 is 2.10. The zero-order valence-corrected chi connectivity index (χ0v) is 9.48. The predicted molar refractivity (Wildman–Crippen MR) is 56.4 cm³/mol. The molecule has 11 heavy (non-hydrogen) atoms. The fourth-order valence-electron chi connectivity index (χ4n) is 0.610. The molecule has 0 aliphatic carbocycles. The minimum Gasteiger partial charge on any atom is -0.396 e. The molecule has 0 saturated carbocycles. The molecule has 0 bridgehead atoms. The molecule has 0 radical (unpaired) electrons. The van der Waals surface area contributed by atoms with Crippen molar-refractivity contribution in [2.45, 2.75) is 13.0 Å². The lowest BCUT2D eigenvalue weighted by Crippen LogP contribution is -2.21. The maximum Gasteiger partial charge on any atom is 0.123 e. The van der Waals surface area contributed by atoms with Crippen LogP contribution in [0.1, 0.15) is 6.92 Å². The van der Waals surface area contributed by atoms with Gasteiger partial charge in [-0.1, -0.05) is 12.8 Å². The number of ether oxygens (including phenoxy) is 1. The number of halogens is 1. The zero-order valence-electron chi connectivity index (χ0n) is 6.50. The third-order valence-corrected chi connectivity index (χ3v) is 2.15. The molecular formula is C7H11IO2S. The molecule has 4 heteroatoms. The molecule has 0 aromatic heterocycles. The SMILES string of the molecule is CO[C@H](C#CSI)[C@@H](C)CO. The number of methoxy groups -OCH3 is 1. The van der Waals surface area contributed by atoms with Crippen LogP contribution in [0.5, 0.6) is 0 Å². The quantitative estimate of drug-likeness (QED) is 0.632. The van der Waals surface area contributed by atoms with Crippen LogP contribution in [0.3, 0.4) is 0 Å². The van der Waals surface area contributed by atoms with Crippen LogP contribution >= 0.6 is 30.1 Å². The topological polar surface area (TPSA) is 29.5 Å². The van der Waals surface area contributed by atoms with Gasteiger partial charge in [0.15, 0.2) is 0 Å². The number of aliphatic hydroxyl groups excluding tert-OH is 1. The van der Waals surface area contributed by atoms with E-state index in [2.05, 4.69) is 32.4 Å². The molecule has 1 N–H and O–H groups in total. The Kier molecular flexibility index (Phi) is 7.59. The van der Waals surface area contributed by atoms with Gasteiger partial charge in [-0.05, 0) is 14.2 Å². The smallest absolute Gasteiger partial charge is 0.123 e. The molecule has 0 aromatic carbocycles. The number of hydrogen-bond acceptors (Lipinski definition) is 3. The lowest BCUT2D eigenvalue weighted by molar-refractivity contribution is 0.0731. The van der Waals surface area contributed by atoms with Crippen molar-refractivity contribution in [2.24, 2.45) is 5.92 Å². The van der Waals surface area contributed by atoms with Crippen LogP contribution in [0.2, 0.25) is 0 Å². The van der Waals surface area contributed by atoms with Crippen molar-refractivity contribution in [3.63, 3.8) is 0 Å². The molecule has 2 atom stereocenters. The van der Waals surface area contributed by atoms with Crippen LogP contribution in [0.25, 0.3) is 0 Å². The molecule has 0 fully saturated rings. The molecule has 64 valence electrons. The van der Waals surface area contributed by atoms with Crippen molar-refractivity contribution in [3.05, 3.63) is 0 Å². The average molecular weight is 286 g/mol. The lowest BCUT2D eigenvalue weighted by Gasteiger charge is -2.13. The van der Waals surface area contributed by atoms with E-state index in [1.165, 1.54) is 8.93 Å². The molecule has 2 nitrogen and oxygen atoms in total. The Hall–Kier alpha value is 0.560. The molecule has 0 spiro atoms. The summed E-state index contributed by atoms with van der Waals surface area (Å²) in [7, 11) is 3.02. The van der Waals surface area contributed by atoms with Gasteiger partial charge in [-0.15, -0.1) is 0 Å². The summed E-state index contributed by atoms with van der Waals surface area (Å²) in [5.41, 5.74) is 0. The first kappa shape index (κ1) is 11.6. The van der Waals surface area contributed by atoms with Crippen molar-refractivity contribution in [1.82, 2.24) is 0 Å². The van der Waals surface area contributed by atoms with E-state index in [4.69, 9.17) is 9.84 Å². The third-order valence-electron chi connectivity index (χ3n) is 1.30. The van der Waals surface area contributed by atoms with Gasteiger partial charge in [0.1, 0.15) is 6.10 Å². The lowest BCUT2D eigenvalue weighted by atomic mass is 10.1. The van der Waals surface area contributed by atoms with Crippen molar-refractivity contribution in [1.29, 1.82) is 0 Å². The Bertz CT molecular complexity index is 152. The highest BCUT2D eigenvalue weighted by Gasteiger charge is 2.11. The number of rotatable bonds is 3. The Balaban J connectivity index is 3.94. The van der Waals surface area contributed by atoms with E-state index in [1.54, 1.807) is 7.11 Å². The minimum absolute atomic E-state index is 0.0797. The average Bonchev–Trinajstić information content (AvgIpc) is 2.05. The standard InChI is InChI=1S/C7H11IO2S/c1-6(5-9)7(10-2)3-4-11-8/h6-7,9H,5H2,1-2H3/t6-,7+/m0/s1. The maximum atomic E-state index is 8.78. The second-order valence-electron chi connectivity index (χ2n) is 2.14. The normalized spacial score (nSPS) is 14.9. The number of aliphatic hydroxyl groups is 1. The first-order valence-corrected chi connectivity index (χ1v) is 6.54. The Morgan fingerprint density at radius 1 is 1.73 bits per heavy atom. The molecule has 0 heterocycles. The summed E-state index contributed by atoms with van der Waals surface area (Å²) in [6.07, 6.45) is -0.151. The van der Waals surface area contributed by atoms with Gasteiger partial charge < -0.3 is 9.84 Å². The molecule has 0 unspecified atom stereocenters. The first-order chi connectivity index (χ1) is 5.26. The van der Waals surface area contributed by atoms with E-state index in [9.17, 15) is 0 Å². The number of hydrogen-bond donors (Lipinski definition) is 1. The molecule has 0 saturated heterocycles. The van der Waals surface area contributed by atoms with Crippen LogP contribution in [0.4, 0.5) is 0 Å².